The number of ether oxygens (including phenoxy) is 1. The first kappa shape index (κ1) is 19.5. The molecule has 0 radical (unpaired) electrons. The number of nitrogens with one attached hydrogen (secondary N) is 2. The lowest BCUT2D eigenvalue weighted by atomic mass is 10.1. The molecule has 0 atom stereocenters. The third-order valence-electron chi connectivity index (χ3n) is 3.93. The number of aryl methyl sites for hydroxylation is 1. The first-order valence-electron chi connectivity index (χ1n) is 9.05. The van der Waals surface area contributed by atoms with Crippen molar-refractivity contribution in [1.82, 2.24) is 10.9 Å². The smallest absolute Gasteiger partial charge is 0.269 e. The number of hydrogen-bond donors (Lipinski definition) is 2. The van der Waals surface area contributed by atoms with Gasteiger partial charge in [-0.2, -0.15) is 0 Å². The molecule has 138 valence electrons. The number of carbonyl (C=O) groups is 2. The van der Waals surface area contributed by atoms with Crippen LogP contribution in [0.25, 0.3) is 0 Å². The van der Waals surface area contributed by atoms with Crippen LogP contribution in [0, 0.1) is 0 Å². The Morgan fingerprint density at radius 1 is 0.923 bits per heavy atom. The summed E-state index contributed by atoms with van der Waals surface area (Å²) in [5, 5.41) is 0. The van der Waals surface area contributed by atoms with Crippen LogP contribution in [0.3, 0.4) is 0 Å². The second-order valence-electron chi connectivity index (χ2n) is 6.07. The molecule has 0 spiro atoms. The van der Waals surface area contributed by atoms with Gasteiger partial charge in [-0.25, -0.2) is 0 Å². The van der Waals surface area contributed by atoms with E-state index in [4.69, 9.17) is 4.74 Å². The lowest BCUT2D eigenvalue weighted by molar-refractivity contribution is -0.121. The molecule has 0 saturated heterocycles. The van der Waals surface area contributed by atoms with Gasteiger partial charge in [0.05, 0.1) is 6.61 Å². The molecule has 0 aliphatic heterocycles. The molecule has 0 saturated carbocycles. The fourth-order valence-electron chi connectivity index (χ4n) is 2.41. The maximum atomic E-state index is 12.1. The molecule has 26 heavy (non-hydrogen) atoms. The van der Waals surface area contributed by atoms with E-state index in [-0.39, 0.29) is 11.8 Å². The van der Waals surface area contributed by atoms with E-state index < -0.39 is 0 Å². The van der Waals surface area contributed by atoms with Gasteiger partial charge in [-0.15, -0.1) is 0 Å². The summed E-state index contributed by atoms with van der Waals surface area (Å²) < 4.78 is 5.61. The molecule has 2 aromatic rings. The maximum Gasteiger partial charge on any atom is 0.269 e. The van der Waals surface area contributed by atoms with Crippen LogP contribution in [0.2, 0.25) is 0 Å². The molecule has 2 N–H and O–H groups in total. The normalized spacial score (nSPS) is 10.2. The SMILES string of the molecule is CCCCCOc1ccc(C(=O)NNC(=O)CCc2ccccc2)cc1. The van der Waals surface area contributed by atoms with Crippen molar-refractivity contribution >= 4 is 11.8 Å². The Balaban J connectivity index is 1.70. The summed E-state index contributed by atoms with van der Waals surface area (Å²) in [5.41, 5.74) is 6.43. The first-order valence-corrected chi connectivity index (χ1v) is 9.05. The van der Waals surface area contributed by atoms with Gasteiger partial charge in [0.15, 0.2) is 0 Å². The van der Waals surface area contributed by atoms with Crippen LogP contribution in [0.15, 0.2) is 54.6 Å². The minimum Gasteiger partial charge on any atom is -0.494 e. The van der Waals surface area contributed by atoms with Crippen molar-refractivity contribution in [1.29, 1.82) is 0 Å². The minimum atomic E-state index is -0.351. The molecule has 0 fully saturated rings. The Morgan fingerprint density at radius 3 is 2.35 bits per heavy atom. The molecule has 0 aliphatic carbocycles. The number of carbonyl (C=O) groups excluding carboxylic acids is 2. The largest absolute Gasteiger partial charge is 0.494 e. The van der Waals surface area contributed by atoms with Crippen LogP contribution >= 0.6 is 0 Å². The van der Waals surface area contributed by atoms with Gasteiger partial charge in [0, 0.05) is 12.0 Å². The quantitative estimate of drug-likeness (QED) is 0.533. The summed E-state index contributed by atoms with van der Waals surface area (Å²) in [5.74, 6) is 0.165. The lowest BCUT2D eigenvalue weighted by Gasteiger charge is -2.09. The monoisotopic (exact) mass is 354 g/mol. The van der Waals surface area contributed by atoms with Crippen LogP contribution in [-0.2, 0) is 11.2 Å². The summed E-state index contributed by atoms with van der Waals surface area (Å²) in [4.78, 5) is 23.9. The Labute approximate surface area is 154 Å². The van der Waals surface area contributed by atoms with Crippen LogP contribution in [-0.4, -0.2) is 18.4 Å². The number of rotatable bonds is 9. The highest BCUT2D eigenvalue weighted by atomic mass is 16.5. The number of amides is 2. The third-order valence-corrected chi connectivity index (χ3v) is 3.93. The zero-order valence-corrected chi connectivity index (χ0v) is 15.2. The minimum absolute atomic E-state index is 0.224. The van der Waals surface area contributed by atoms with Crippen molar-refractivity contribution < 1.29 is 14.3 Å². The molecule has 2 rings (SSSR count). The van der Waals surface area contributed by atoms with E-state index in [1.54, 1.807) is 24.3 Å². The fourth-order valence-corrected chi connectivity index (χ4v) is 2.41. The Hall–Kier alpha value is -2.82. The molecule has 0 aromatic heterocycles. The molecular formula is C21H26N2O3. The highest BCUT2D eigenvalue weighted by Crippen LogP contribution is 2.12. The van der Waals surface area contributed by atoms with Crippen LogP contribution in [0.4, 0.5) is 0 Å². The van der Waals surface area contributed by atoms with Crippen molar-refractivity contribution in [2.45, 2.75) is 39.0 Å². The summed E-state index contributed by atoms with van der Waals surface area (Å²) in [6.45, 7) is 2.82. The zero-order chi connectivity index (χ0) is 18.6. The van der Waals surface area contributed by atoms with Crippen molar-refractivity contribution in [3.8, 4) is 5.75 Å². The Kier molecular flexibility index (Phi) is 8.19. The summed E-state index contributed by atoms with van der Waals surface area (Å²) >= 11 is 0. The van der Waals surface area contributed by atoms with Gasteiger partial charge in [0.25, 0.3) is 5.91 Å². The highest BCUT2D eigenvalue weighted by molar-refractivity contribution is 5.95. The Bertz CT molecular complexity index is 684. The molecule has 0 aliphatic rings. The lowest BCUT2D eigenvalue weighted by Crippen LogP contribution is -2.41. The topological polar surface area (TPSA) is 67.4 Å². The van der Waals surface area contributed by atoms with Crippen molar-refractivity contribution in [3.05, 3.63) is 65.7 Å². The molecule has 0 bridgehead atoms. The van der Waals surface area contributed by atoms with E-state index in [2.05, 4.69) is 17.8 Å². The molecule has 5 heteroatoms. The molecule has 0 heterocycles. The van der Waals surface area contributed by atoms with Gasteiger partial charge >= 0.3 is 0 Å². The van der Waals surface area contributed by atoms with Gasteiger partial charge < -0.3 is 4.74 Å². The molecule has 2 aromatic carbocycles. The molecule has 2 amide bonds. The van der Waals surface area contributed by atoms with Gasteiger partial charge in [-0.3, -0.25) is 20.4 Å². The van der Waals surface area contributed by atoms with E-state index in [9.17, 15) is 9.59 Å². The Morgan fingerprint density at radius 2 is 1.65 bits per heavy atom. The van der Waals surface area contributed by atoms with Crippen LogP contribution in [0.5, 0.6) is 5.75 Å². The maximum absolute atomic E-state index is 12.1. The average molecular weight is 354 g/mol. The average Bonchev–Trinajstić information content (AvgIpc) is 2.69. The number of benzene rings is 2. The highest BCUT2D eigenvalue weighted by Gasteiger charge is 2.08. The van der Waals surface area contributed by atoms with Crippen molar-refractivity contribution in [2.24, 2.45) is 0 Å². The van der Waals surface area contributed by atoms with Crippen LogP contribution < -0.4 is 15.6 Å². The van der Waals surface area contributed by atoms with Crippen LogP contribution in [0.1, 0.15) is 48.5 Å². The number of hydrogen-bond acceptors (Lipinski definition) is 3. The predicted octanol–water partition coefficient (Wildman–Crippen LogP) is 3.65. The van der Waals surface area contributed by atoms with Gasteiger partial charge in [-0.1, -0.05) is 50.1 Å². The summed E-state index contributed by atoms with van der Waals surface area (Å²) in [6, 6.07) is 16.6. The van der Waals surface area contributed by atoms with Crippen molar-refractivity contribution in [2.75, 3.05) is 6.61 Å². The van der Waals surface area contributed by atoms with Crippen molar-refractivity contribution in [3.63, 3.8) is 0 Å². The predicted molar refractivity (Wildman–Crippen MR) is 102 cm³/mol. The van der Waals surface area contributed by atoms with Gasteiger partial charge in [-0.05, 0) is 42.7 Å². The van der Waals surface area contributed by atoms with E-state index in [1.807, 2.05) is 30.3 Å². The van der Waals surface area contributed by atoms with Gasteiger partial charge in [0.2, 0.25) is 5.91 Å². The van der Waals surface area contributed by atoms with E-state index in [0.29, 0.717) is 25.0 Å². The summed E-state index contributed by atoms with van der Waals surface area (Å²) in [7, 11) is 0. The van der Waals surface area contributed by atoms with E-state index in [1.165, 1.54) is 0 Å². The number of hydrazine groups is 1. The van der Waals surface area contributed by atoms with E-state index in [0.717, 1.165) is 30.6 Å². The molecule has 5 nitrogen and oxygen atoms in total. The first-order chi connectivity index (χ1) is 12.7. The number of unbranched alkanes of at least 4 members (excludes halogenated alkanes) is 2. The third kappa shape index (κ3) is 6.97. The fraction of sp³-hybridized carbons (Fsp3) is 0.333. The molecular weight excluding hydrogens is 328 g/mol. The van der Waals surface area contributed by atoms with Gasteiger partial charge in [0.1, 0.15) is 5.75 Å². The standard InChI is InChI=1S/C21H26N2O3/c1-2-3-7-16-26-19-13-11-18(12-14-19)21(25)23-22-20(24)15-10-17-8-5-4-6-9-17/h4-6,8-9,11-14H,2-3,7,10,15-16H2,1H3,(H,22,24)(H,23,25). The summed E-state index contributed by atoms with van der Waals surface area (Å²) in [6.07, 6.45) is 4.26. The second-order valence-corrected chi connectivity index (χ2v) is 6.07. The zero-order valence-electron chi connectivity index (χ0n) is 15.2. The second kappa shape index (κ2) is 10.9. The van der Waals surface area contributed by atoms with E-state index >= 15 is 0 Å². The molecule has 0 unspecified atom stereocenters.